The number of nitrogens with two attached hydrogens (primary N) is 2. The van der Waals surface area contributed by atoms with Gasteiger partial charge in [0.25, 0.3) is 0 Å². The van der Waals surface area contributed by atoms with Crippen LogP contribution in [0, 0.1) is 0 Å². The molecule has 0 spiro atoms. The van der Waals surface area contributed by atoms with Gasteiger partial charge >= 0.3 is 0 Å². The molecule has 0 aliphatic heterocycles. The minimum Gasteiger partial charge on any atom is -0.396 e. The van der Waals surface area contributed by atoms with E-state index in [1.165, 1.54) is 11.3 Å². The Morgan fingerprint density at radius 2 is 2.18 bits per heavy atom. The van der Waals surface area contributed by atoms with Crippen LogP contribution in [0.4, 0.5) is 10.7 Å². The van der Waals surface area contributed by atoms with Gasteiger partial charge in [-0.2, -0.15) is 0 Å². The van der Waals surface area contributed by atoms with E-state index < -0.39 is 0 Å². The first kappa shape index (κ1) is 6.54. The van der Waals surface area contributed by atoms with Crippen molar-refractivity contribution in [3.8, 4) is 0 Å². The summed E-state index contributed by atoms with van der Waals surface area (Å²) < 4.78 is 3.07. The van der Waals surface area contributed by atoms with Crippen LogP contribution < -0.4 is 11.5 Å². The molecule has 58 valence electrons. The lowest BCUT2D eigenvalue weighted by Gasteiger charge is -1.87. The zero-order valence-corrected chi connectivity index (χ0v) is 6.98. The van der Waals surface area contributed by atoms with Crippen LogP contribution in [-0.2, 0) is 7.05 Å². The SMILES string of the molecule is Cn1cc(N)c2sc(N)cc21. The quantitative estimate of drug-likeness (QED) is 0.623. The number of anilines is 2. The lowest BCUT2D eigenvalue weighted by molar-refractivity contribution is 0.971. The van der Waals surface area contributed by atoms with Crippen LogP contribution in [0.1, 0.15) is 0 Å². The second-order valence-corrected chi connectivity index (χ2v) is 3.64. The smallest absolute Gasteiger partial charge is 0.0885 e. The van der Waals surface area contributed by atoms with E-state index in [4.69, 9.17) is 11.5 Å². The molecule has 0 fully saturated rings. The van der Waals surface area contributed by atoms with Crippen LogP contribution >= 0.6 is 11.3 Å². The van der Waals surface area contributed by atoms with E-state index in [0.717, 1.165) is 20.9 Å². The minimum atomic E-state index is 0.809. The Bertz CT molecular complexity index is 364. The summed E-state index contributed by atoms with van der Waals surface area (Å²) in [5.41, 5.74) is 13.3. The van der Waals surface area contributed by atoms with Crippen molar-refractivity contribution in [1.82, 2.24) is 4.57 Å². The molecule has 2 aromatic heterocycles. The van der Waals surface area contributed by atoms with Gasteiger partial charge in [0.05, 0.1) is 20.9 Å². The molecule has 2 aromatic rings. The third-order valence-corrected chi connectivity index (χ3v) is 2.71. The second-order valence-electron chi connectivity index (χ2n) is 2.56. The molecule has 0 atom stereocenters. The Morgan fingerprint density at radius 3 is 2.82 bits per heavy atom. The van der Waals surface area contributed by atoms with E-state index in [0.29, 0.717) is 0 Å². The number of nitrogens with zero attached hydrogens (tertiary/aromatic N) is 1. The largest absolute Gasteiger partial charge is 0.396 e. The molecule has 0 aromatic carbocycles. The van der Waals surface area contributed by atoms with Crippen molar-refractivity contribution in [1.29, 1.82) is 0 Å². The third-order valence-electron chi connectivity index (χ3n) is 1.71. The van der Waals surface area contributed by atoms with Crippen LogP contribution in [-0.4, -0.2) is 4.57 Å². The number of nitrogen functional groups attached to an aromatic ring is 2. The van der Waals surface area contributed by atoms with E-state index in [1.54, 1.807) is 0 Å². The fourth-order valence-electron chi connectivity index (χ4n) is 1.21. The van der Waals surface area contributed by atoms with Crippen molar-refractivity contribution >= 4 is 32.2 Å². The average Bonchev–Trinajstić information content (AvgIpc) is 2.38. The first-order valence-electron chi connectivity index (χ1n) is 3.28. The number of hydrogen-bond donors (Lipinski definition) is 2. The monoisotopic (exact) mass is 167 g/mol. The highest BCUT2D eigenvalue weighted by atomic mass is 32.1. The van der Waals surface area contributed by atoms with Gasteiger partial charge in [0, 0.05) is 13.2 Å². The standard InChI is InChI=1S/C7H9N3S/c1-10-3-4(8)7-5(10)2-6(9)11-7/h2-3H,8-9H2,1H3. The first-order chi connectivity index (χ1) is 5.18. The number of aromatic nitrogens is 1. The van der Waals surface area contributed by atoms with Crippen LogP contribution in [0.25, 0.3) is 10.2 Å². The summed E-state index contributed by atoms with van der Waals surface area (Å²) in [7, 11) is 1.96. The van der Waals surface area contributed by atoms with Crippen molar-refractivity contribution in [2.24, 2.45) is 7.05 Å². The van der Waals surface area contributed by atoms with E-state index in [-0.39, 0.29) is 0 Å². The minimum absolute atomic E-state index is 0.809. The van der Waals surface area contributed by atoms with Crippen LogP contribution in [0.15, 0.2) is 12.3 Å². The molecule has 0 saturated carbocycles. The van der Waals surface area contributed by atoms with Gasteiger partial charge in [-0.1, -0.05) is 0 Å². The van der Waals surface area contributed by atoms with Crippen molar-refractivity contribution in [2.75, 3.05) is 11.5 Å². The molecule has 3 nitrogen and oxygen atoms in total. The molecule has 0 unspecified atom stereocenters. The van der Waals surface area contributed by atoms with Gasteiger partial charge in [0.2, 0.25) is 0 Å². The zero-order valence-electron chi connectivity index (χ0n) is 6.16. The van der Waals surface area contributed by atoms with E-state index in [1.807, 2.05) is 23.9 Å². The maximum atomic E-state index is 5.72. The van der Waals surface area contributed by atoms with Crippen LogP contribution in [0.5, 0.6) is 0 Å². The molecular weight excluding hydrogens is 158 g/mol. The molecule has 4 heteroatoms. The number of fused-ring (bicyclic) bond motifs is 1. The van der Waals surface area contributed by atoms with Crippen molar-refractivity contribution in [3.05, 3.63) is 12.3 Å². The van der Waals surface area contributed by atoms with E-state index in [2.05, 4.69) is 0 Å². The predicted molar refractivity (Wildman–Crippen MR) is 49.6 cm³/mol. The summed E-state index contributed by atoms with van der Waals surface area (Å²) >= 11 is 1.53. The number of aryl methyl sites for hydroxylation is 1. The summed E-state index contributed by atoms with van der Waals surface area (Å²) in [6.45, 7) is 0. The fourth-order valence-corrected chi connectivity index (χ4v) is 2.09. The van der Waals surface area contributed by atoms with E-state index >= 15 is 0 Å². The molecule has 4 N–H and O–H groups in total. The Labute approximate surface area is 68.2 Å². The van der Waals surface area contributed by atoms with Crippen molar-refractivity contribution < 1.29 is 0 Å². The molecule has 0 radical (unpaired) electrons. The highest BCUT2D eigenvalue weighted by Crippen LogP contribution is 2.32. The molecule has 0 aliphatic rings. The summed E-state index contributed by atoms with van der Waals surface area (Å²) in [4.78, 5) is 0. The molecule has 2 rings (SSSR count). The topological polar surface area (TPSA) is 57.0 Å². The fraction of sp³-hybridized carbons (Fsp3) is 0.143. The van der Waals surface area contributed by atoms with Gasteiger partial charge in [-0.15, -0.1) is 11.3 Å². The molecule has 0 saturated heterocycles. The van der Waals surface area contributed by atoms with E-state index in [9.17, 15) is 0 Å². The van der Waals surface area contributed by atoms with Gasteiger partial charge in [-0.3, -0.25) is 0 Å². The zero-order chi connectivity index (χ0) is 8.01. The van der Waals surface area contributed by atoms with Gasteiger partial charge in [-0.05, 0) is 6.07 Å². The molecule has 0 aliphatic carbocycles. The maximum absolute atomic E-state index is 5.72. The van der Waals surface area contributed by atoms with Crippen molar-refractivity contribution in [2.45, 2.75) is 0 Å². The van der Waals surface area contributed by atoms with Crippen molar-refractivity contribution in [3.63, 3.8) is 0 Å². The highest BCUT2D eigenvalue weighted by molar-refractivity contribution is 7.23. The summed E-state index contributed by atoms with van der Waals surface area (Å²) in [6, 6.07) is 1.94. The Kier molecular flexibility index (Phi) is 1.14. The second kappa shape index (κ2) is 1.92. The lowest BCUT2D eigenvalue weighted by atomic mass is 10.4. The molecule has 0 amide bonds. The Morgan fingerprint density at radius 1 is 1.45 bits per heavy atom. The maximum Gasteiger partial charge on any atom is 0.0885 e. The number of hydrogen-bond acceptors (Lipinski definition) is 3. The first-order valence-corrected chi connectivity index (χ1v) is 4.10. The summed E-state index contributed by atoms with van der Waals surface area (Å²) in [6.07, 6.45) is 1.90. The number of rotatable bonds is 0. The van der Waals surface area contributed by atoms with Gasteiger partial charge < -0.3 is 16.0 Å². The van der Waals surface area contributed by atoms with Crippen LogP contribution in [0.2, 0.25) is 0 Å². The van der Waals surface area contributed by atoms with Gasteiger partial charge in [-0.25, -0.2) is 0 Å². The highest BCUT2D eigenvalue weighted by Gasteiger charge is 2.06. The number of thiophene rings is 1. The van der Waals surface area contributed by atoms with Gasteiger partial charge in [0.15, 0.2) is 0 Å². The molecule has 2 heterocycles. The normalized spacial score (nSPS) is 11.0. The van der Waals surface area contributed by atoms with Crippen LogP contribution in [0.3, 0.4) is 0 Å². The summed E-state index contributed by atoms with van der Waals surface area (Å²) in [5.74, 6) is 0. The predicted octanol–water partition coefficient (Wildman–Crippen LogP) is 1.40. The summed E-state index contributed by atoms with van der Waals surface area (Å²) in [5, 5.41) is 0.818. The lowest BCUT2D eigenvalue weighted by Crippen LogP contribution is -1.84. The molecule has 11 heavy (non-hydrogen) atoms. The Hall–Kier alpha value is -1.16. The average molecular weight is 167 g/mol. The van der Waals surface area contributed by atoms with Gasteiger partial charge in [0.1, 0.15) is 0 Å². The Balaban J connectivity index is 2.92. The third kappa shape index (κ3) is 0.793. The molecular formula is C7H9N3S. The molecule has 0 bridgehead atoms.